The molecular weight excluding hydrogens is 540 g/mol. The Morgan fingerprint density at radius 1 is 1.10 bits per heavy atom. The van der Waals surface area contributed by atoms with Crippen molar-refractivity contribution in [2.45, 2.75) is 43.7 Å². The second-order valence-corrected chi connectivity index (χ2v) is 11.9. The number of benzene rings is 3. The van der Waals surface area contributed by atoms with Crippen LogP contribution in [-0.4, -0.2) is 41.9 Å². The summed E-state index contributed by atoms with van der Waals surface area (Å²) in [4.78, 5) is 28.5. The van der Waals surface area contributed by atoms with Crippen LogP contribution in [0.3, 0.4) is 0 Å². The van der Waals surface area contributed by atoms with Crippen LogP contribution in [0.4, 0.5) is 0 Å². The Hall–Kier alpha value is -4.25. The van der Waals surface area contributed by atoms with Gasteiger partial charge in [0.05, 0.1) is 4.90 Å². The van der Waals surface area contributed by atoms with Crippen LogP contribution < -0.4 is 10.2 Å². The number of sulfonamides is 1. The summed E-state index contributed by atoms with van der Waals surface area (Å²) in [5.74, 6) is -1.21. The number of H-pyrrole nitrogens is 1. The van der Waals surface area contributed by atoms with E-state index in [4.69, 9.17) is 5.21 Å². The van der Waals surface area contributed by atoms with Crippen LogP contribution >= 0.6 is 0 Å². The van der Waals surface area contributed by atoms with Crippen LogP contribution in [0.5, 0.6) is 0 Å². The van der Waals surface area contributed by atoms with Gasteiger partial charge in [0.1, 0.15) is 0 Å². The van der Waals surface area contributed by atoms with E-state index in [1.54, 1.807) is 23.7 Å². The molecule has 1 aliphatic rings. The molecule has 1 aliphatic carbocycles. The van der Waals surface area contributed by atoms with Gasteiger partial charge in [-0.3, -0.25) is 19.7 Å². The minimum absolute atomic E-state index is 0.0449. The first-order valence-corrected chi connectivity index (χ1v) is 14.9. The highest BCUT2D eigenvalue weighted by Crippen LogP contribution is 2.37. The minimum atomic E-state index is -3.90. The molecule has 0 bridgehead atoms. The number of nitrogens with one attached hydrogen (secondary N) is 3. The number of nitrogens with zero attached hydrogens (tertiary/aromatic N) is 1. The second-order valence-electron chi connectivity index (χ2n) is 10.2. The summed E-state index contributed by atoms with van der Waals surface area (Å²) in [6.07, 6.45) is 7.69. The van der Waals surface area contributed by atoms with Crippen LogP contribution in [0.15, 0.2) is 83.9 Å². The van der Waals surface area contributed by atoms with Gasteiger partial charge in [0.2, 0.25) is 5.91 Å². The van der Waals surface area contributed by atoms with Crippen LogP contribution in [0.25, 0.3) is 17.0 Å². The third kappa shape index (κ3) is 6.57. The Morgan fingerprint density at radius 3 is 2.63 bits per heavy atom. The lowest BCUT2D eigenvalue weighted by molar-refractivity contribution is -0.124. The number of para-hydroxylation sites is 1. The fourth-order valence-electron chi connectivity index (χ4n) is 5.51. The quantitative estimate of drug-likeness (QED) is 0.128. The summed E-state index contributed by atoms with van der Waals surface area (Å²) in [5, 5.41) is 9.95. The number of aromatic amines is 1. The largest absolute Gasteiger partial charge is 0.361 e. The molecule has 41 heavy (non-hydrogen) atoms. The molecule has 2 amide bonds. The molecule has 1 atom stereocenters. The van der Waals surface area contributed by atoms with Crippen LogP contribution in [0, 0.1) is 0 Å². The standard InChI is InChI=1S/C31H32N4O5S/c1-21(36)34-41(39,40)26-11-6-23(7-12-26)20-35(17-16-25-19-32-29-5-3-2-4-27(25)29)30-14-10-24-18-22(8-13-28(24)30)9-15-31(37)33-38/h2-9,11-13,15,18-19,30,32,38H,10,14,16-17,20H2,1H3,(H,33,37)(H,34,36). The molecular formula is C31H32N4O5S. The maximum atomic E-state index is 12.4. The van der Waals surface area contributed by atoms with Crippen LogP contribution in [0.1, 0.15) is 47.2 Å². The maximum absolute atomic E-state index is 12.4. The van der Waals surface area contributed by atoms with Crippen LogP contribution in [-0.2, 0) is 39.0 Å². The van der Waals surface area contributed by atoms with E-state index >= 15 is 0 Å². The molecule has 1 unspecified atom stereocenters. The van der Waals surface area contributed by atoms with E-state index in [0.717, 1.165) is 42.5 Å². The highest BCUT2D eigenvalue weighted by molar-refractivity contribution is 7.90. The average Bonchev–Trinajstić information content (AvgIpc) is 3.57. The molecule has 0 saturated heterocycles. The van der Waals surface area contributed by atoms with Crippen molar-refractivity contribution in [1.29, 1.82) is 0 Å². The number of rotatable bonds is 10. The van der Waals surface area contributed by atoms with Gasteiger partial charge in [0.15, 0.2) is 0 Å². The predicted octanol–water partition coefficient (Wildman–Crippen LogP) is 4.24. The Kier molecular flexibility index (Phi) is 8.34. The Balaban J connectivity index is 1.40. The van der Waals surface area contributed by atoms with Crippen molar-refractivity contribution in [3.63, 3.8) is 0 Å². The van der Waals surface area contributed by atoms with Gasteiger partial charge in [0, 0.05) is 49.2 Å². The van der Waals surface area contributed by atoms with E-state index < -0.39 is 21.8 Å². The molecule has 0 spiro atoms. The number of hydrogen-bond acceptors (Lipinski definition) is 6. The molecule has 0 saturated carbocycles. The Bertz CT molecular complexity index is 1710. The zero-order valence-corrected chi connectivity index (χ0v) is 23.4. The molecule has 4 N–H and O–H groups in total. The Labute approximate surface area is 238 Å². The number of carbonyl (C=O) groups excluding carboxylic acids is 2. The van der Waals surface area contributed by atoms with Crippen molar-refractivity contribution in [2.75, 3.05) is 6.54 Å². The summed E-state index contributed by atoms with van der Waals surface area (Å²) in [6, 6.07) is 21.2. The lowest BCUT2D eigenvalue weighted by Gasteiger charge is -2.30. The van der Waals surface area contributed by atoms with Gasteiger partial charge in [-0.1, -0.05) is 48.5 Å². The van der Waals surface area contributed by atoms with Crippen molar-refractivity contribution in [2.24, 2.45) is 0 Å². The predicted molar refractivity (Wildman–Crippen MR) is 156 cm³/mol. The van der Waals surface area contributed by atoms with E-state index in [-0.39, 0.29) is 10.9 Å². The van der Waals surface area contributed by atoms with E-state index in [0.29, 0.717) is 6.54 Å². The van der Waals surface area contributed by atoms with Gasteiger partial charge < -0.3 is 4.98 Å². The molecule has 0 aliphatic heterocycles. The number of aryl methyl sites for hydroxylation is 1. The molecule has 0 fully saturated rings. The molecule has 212 valence electrons. The molecule has 5 rings (SSSR count). The number of hydrogen-bond donors (Lipinski definition) is 4. The van der Waals surface area contributed by atoms with E-state index in [2.05, 4.69) is 40.3 Å². The first-order valence-electron chi connectivity index (χ1n) is 13.4. The lowest BCUT2D eigenvalue weighted by Crippen LogP contribution is -2.30. The van der Waals surface area contributed by atoms with E-state index in [9.17, 15) is 18.0 Å². The molecule has 9 nitrogen and oxygen atoms in total. The van der Waals surface area contributed by atoms with Crippen molar-refractivity contribution in [3.05, 3.63) is 107 Å². The van der Waals surface area contributed by atoms with E-state index in [1.165, 1.54) is 47.2 Å². The molecule has 10 heteroatoms. The molecule has 1 heterocycles. The summed E-state index contributed by atoms with van der Waals surface area (Å²) in [7, 11) is -3.90. The second kappa shape index (κ2) is 12.1. The smallest absolute Gasteiger partial charge is 0.267 e. The highest BCUT2D eigenvalue weighted by atomic mass is 32.2. The number of amides is 2. The van der Waals surface area contributed by atoms with Crippen molar-refractivity contribution in [1.82, 2.24) is 20.1 Å². The van der Waals surface area contributed by atoms with Gasteiger partial charge in [-0.2, -0.15) is 0 Å². The van der Waals surface area contributed by atoms with Crippen LogP contribution in [0.2, 0.25) is 0 Å². The summed E-state index contributed by atoms with van der Waals surface area (Å²) < 4.78 is 26.8. The fourth-order valence-corrected chi connectivity index (χ4v) is 6.50. The number of fused-ring (bicyclic) bond motifs is 2. The van der Waals surface area contributed by atoms with Gasteiger partial charge in [-0.15, -0.1) is 0 Å². The molecule has 4 aromatic rings. The zero-order valence-electron chi connectivity index (χ0n) is 22.6. The lowest BCUT2D eigenvalue weighted by atomic mass is 10.0. The average molecular weight is 573 g/mol. The first-order chi connectivity index (χ1) is 19.7. The maximum Gasteiger partial charge on any atom is 0.267 e. The normalized spacial score (nSPS) is 15.0. The molecule has 3 aromatic carbocycles. The summed E-state index contributed by atoms with van der Waals surface area (Å²) in [6.45, 7) is 2.57. The third-order valence-electron chi connectivity index (χ3n) is 7.43. The van der Waals surface area contributed by atoms with Gasteiger partial charge in [-0.05, 0) is 71.4 Å². The van der Waals surface area contributed by atoms with Crippen molar-refractivity contribution in [3.8, 4) is 0 Å². The van der Waals surface area contributed by atoms with Gasteiger partial charge >= 0.3 is 0 Å². The van der Waals surface area contributed by atoms with Gasteiger partial charge in [0.25, 0.3) is 15.9 Å². The minimum Gasteiger partial charge on any atom is -0.361 e. The topological polar surface area (TPSA) is 132 Å². The third-order valence-corrected chi connectivity index (χ3v) is 8.88. The summed E-state index contributed by atoms with van der Waals surface area (Å²) in [5.41, 5.74) is 8.25. The van der Waals surface area contributed by atoms with E-state index in [1.807, 2.05) is 22.9 Å². The van der Waals surface area contributed by atoms with Gasteiger partial charge in [-0.25, -0.2) is 18.6 Å². The van der Waals surface area contributed by atoms with Crippen molar-refractivity contribution < 1.29 is 23.2 Å². The highest BCUT2D eigenvalue weighted by Gasteiger charge is 2.28. The summed E-state index contributed by atoms with van der Waals surface area (Å²) >= 11 is 0. The monoisotopic (exact) mass is 572 g/mol. The number of hydroxylamine groups is 1. The van der Waals surface area contributed by atoms with Crippen molar-refractivity contribution >= 4 is 38.8 Å². The number of aromatic nitrogens is 1. The Morgan fingerprint density at radius 2 is 1.88 bits per heavy atom. The SMILES string of the molecule is CC(=O)NS(=O)(=O)c1ccc(CN(CCc2c[nH]c3ccccc23)C2CCc3cc(C=CC(=O)NO)ccc32)cc1. The molecule has 1 aromatic heterocycles. The number of carbonyl (C=O) groups is 2. The zero-order chi connectivity index (χ0) is 29.0. The fraction of sp³-hybridized carbons (Fsp3) is 0.226. The first kappa shape index (κ1) is 28.3. The molecule has 0 radical (unpaired) electrons.